The van der Waals surface area contributed by atoms with Crippen molar-refractivity contribution in [1.29, 1.82) is 5.26 Å². The number of hydrogen-bond donors (Lipinski definition) is 1. The fourth-order valence-electron chi connectivity index (χ4n) is 1.55. The summed E-state index contributed by atoms with van der Waals surface area (Å²) < 4.78 is 38.2. The Morgan fingerprint density at radius 2 is 2.17 bits per heavy atom. The molecule has 1 unspecified atom stereocenters. The maximum atomic E-state index is 12.3. The molecule has 4 nitrogen and oxygen atoms in total. The highest BCUT2D eigenvalue weighted by Gasteiger charge is 2.33. The Balaban J connectivity index is 2.64. The second kappa shape index (κ2) is 5.40. The van der Waals surface area contributed by atoms with E-state index < -0.39 is 17.4 Å². The molecular weight excluding hydrogens is 245 g/mol. The molecule has 1 aromatic heterocycles. The normalized spacial score (nSPS) is 15.1. The molecule has 0 spiro atoms. The topological polar surface area (TPSA) is 53.6 Å². The summed E-state index contributed by atoms with van der Waals surface area (Å²) in [5.41, 5.74) is -1.66. The molecule has 18 heavy (non-hydrogen) atoms. The van der Waals surface area contributed by atoms with Gasteiger partial charge in [0.2, 0.25) is 0 Å². The molecule has 0 radical (unpaired) electrons. The number of halogens is 3. The standard InChI is InChI=1S/C11H15F3N4/c1-3-16-10(2,8-15)5-7-18-6-4-9(17-18)11(12,13)14/h4,6,16H,3,5,7H2,1-2H3. The van der Waals surface area contributed by atoms with Gasteiger partial charge in [0.15, 0.2) is 5.69 Å². The van der Waals surface area contributed by atoms with Gasteiger partial charge in [0.05, 0.1) is 6.07 Å². The lowest BCUT2D eigenvalue weighted by Crippen LogP contribution is -2.41. The fraction of sp³-hybridized carbons (Fsp3) is 0.636. The molecule has 0 amide bonds. The first kappa shape index (κ1) is 14.5. The van der Waals surface area contributed by atoms with E-state index >= 15 is 0 Å². The van der Waals surface area contributed by atoms with Gasteiger partial charge in [0.25, 0.3) is 0 Å². The van der Waals surface area contributed by atoms with E-state index in [2.05, 4.69) is 16.5 Å². The number of aromatic nitrogens is 2. The molecule has 1 rings (SSSR count). The molecule has 0 aliphatic heterocycles. The van der Waals surface area contributed by atoms with Crippen LogP contribution in [0.4, 0.5) is 13.2 Å². The minimum Gasteiger partial charge on any atom is -0.300 e. The lowest BCUT2D eigenvalue weighted by molar-refractivity contribution is -0.141. The summed E-state index contributed by atoms with van der Waals surface area (Å²) in [6.45, 7) is 4.46. The predicted octanol–water partition coefficient (Wildman–Crippen LogP) is 2.18. The Hall–Kier alpha value is -1.55. The van der Waals surface area contributed by atoms with Gasteiger partial charge in [-0.2, -0.15) is 23.5 Å². The van der Waals surface area contributed by atoms with Crippen LogP contribution in [0.2, 0.25) is 0 Å². The average molecular weight is 260 g/mol. The summed E-state index contributed by atoms with van der Waals surface area (Å²) in [4.78, 5) is 0. The molecule has 0 aliphatic carbocycles. The number of hydrogen-bond acceptors (Lipinski definition) is 3. The number of nitriles is 1. The summed E-state index contributed by atoms with van der Waals surface area (Å²) in [5, 5.41) is 15.4. The lowest BCUT2D eigenvalue weighted by Gasteiger charge is -2.22. The highest BCUT2D eigenvalue weighted by Crippen LogP contribution is 2.27. The molecule has 0 fully saturated rings. The minimum absolute atomic E-state index is 0.257. The van der Waals surface area contributed by atoms with Crippen LogP contribution in [0.15, 0.2) is 12.3 Å². The van der Waals surface area contributed by atoms with Gasteiger partial charge in [-0.1, -0.05) is 6.92 Å². The Morgan fingerprint density at radius 3 is 2.61 bits per heavy atom. The van der Waals surface area contributed by atoms with E-state index in [-0.39, 0.29) is 6.54 Å². The van der Waals surface area contributed by atoms with Gasteiger partial charge in [-0.3, -0.25) is 10.00 Å². The minimum atomic E-state index is -4.43. The first-order chi connectivity index (χ1) is 8.30. The monoisotopic (exact) mass is 260 g/mol. The highest BCUT2D eigenvalue weighted by atomic mass is 19.4. The lowest BCUT2D eigenvalue weighted by atomic mass is 10.00. The first-order valence-electron chi connectivity index (χ1n) is 5.57. The van der Waals surface area contributed by atoms with Gasteiger partial charge in [-0.15, -0.1) is 0 Å². The largest absolute Gasteiger partial charge is 0.435 e. The number of aryl methyl sites for hydroxylation is 1. The van der Waals surface area contributed by atoms with Crippen molar-refractivity contribution in [1.82, 2.24) is 15.1 Å². The predicted molar refractivity (Wildman–Crippen MR) is 59.5 cm³/mol. The molecule has 0 aliphatic rings. The molecule has 100 valence electrons. The van der Waals surface area contributed by atoms with Crippen LogP contribution in [0.25, 0.3) is 0 Å². The Labute approximate surface area is 103 Å². The van der Waals surface area contributed by atoms with Crippen LogP contribution in [-0.2, 0) is 12.7 Å². The molecule has 1 atom stereocenters. The summed E-state index contributed by atoms with van der Waals surface area (Å²) in [7, 11) is 0. The summed E-state index contributed by atoms with van der Waals surface area (Å²) in [5.74, 6) is 0. The van der Waals surface area contributed by atoms with Gasteiger partial charge in [0, 0.05) is 12.7 Å². The van der Waals surface area contributed by atoms with Crippen LogP contribution >= 0.6 is 0 Å². The van der Waals surface area contributed by atoms with Crippen LogP contribution < -0.4 is 5.32 Å². The summed E-state index contributed by atoms with van der Waals surface area (Å²) in [6.07, 6.45) is -2.77. The summed E-state index contributed by atoms with van der Waals surface area (Å²) in [6, 6.07) is 3.04. The van der Waals surface area contributed by atoms with E-state index in [9.17, 15) is 13.2 Å². The third kappa shape index (κ3) is 3.74. The van der Waals surface area contributed by atoms with Crippen LogP contribution in [-0.4, -0.2) is 21.9 Å². The van der Waals surface area contributed by atoms with Gasteiger partial charge >= 0.3 is 6.18 Å². The molecule has 0 saturated carbocycles. The van der Waals surface area contributed by atoms with Gasteiger partial charge < -0.3 is 0 Å². The summed E-state index contributed by atoms with van der Waals surface area (Å²) >= 11 is 0. The zero-order valence-corrected chi connectivity index (χ0v) is 10.3. The average Bonchev–Trinajstić information content (AvgIpc) is 2.75. The van der Waals surface area contributed by atoms with Crippen molar-refractivity contribution < 1.29 is 13.2 Å². The van der Waals surface area contributed by atoms with Crippen LogP contribution in [0.3, 0.4) is 0 Å². The molecule has 0 saturated heterocycles. The van der Waals surface area contributed by atoms with Gasteiger partial charge in [0.1, 0.15) is 5.54 Å². The van der Waals surface area contributed by atoms with Gasteiger partial charge in [-0.25, -0.2) is 0 Å². The van der Waals surface area contributed by atoms with E-state index in [0.717, 1.165) is 6.07 Å². The SMILES string of the molecule is CCNC(C)(C#N)CCn1ccc(C(F)(F)F)n1. The Kier molecular flexibility index (Phi) is 4.35. The van der Waals surface area contributed by atoms with Crippen LogP contribution in [0.5, 0.6) is 0 Å². The van der Waals surface area contributed by atoms with Crippen molar-refractivity contribution in [3.8, 4) is 6.07 Å². The smallest absolute Gasteiger partial charge is 0.300 e. The second-order valence-electron chi connectivity index (χ2n) is 4.19. The van der Waals surface area contributed by atoms with Crippen molar-refractivity contribution in [2.45, 2.75) is 38.5 Å². The highest BCUT2D eigenvalue weighted by molar-refractivity contribution is 5.05. The van der Waals surface area contributed by atoms with Crippen LogP contribution in [0.1, 0.15) is 26.0 Å². The van der Waals surface area contributed by atoms with Crippen molar-refractivity contribution in [3.63, 3.8) is 0 Å². The van der Waals surface area contributed by atoms with Crippen molar-refractivity contribution >= 4 is 0 Å². The third-order valence-corrected chi connectivity index (χ3v) is 2.59. The zero-order valence-electron chi connectivity index (χ0n) is 10.3. The fourth-order valence-corrected chi connectivity index (χ4v) is 1.55. The van der Waals surface area contributed by atoms with Crippen molar-refractivity contribution in [3.05, 3.63) is 18.0 Å². The van der Waals surface area contributed by atoms with E-state index in [0.29, 0.717) is 13.0 Å². The van der Waals surface area contributed by atoms with Crippen molar-refractivity contribution in [2.75, 3.05) is 6.54 Å². The molecule has 1 heterocycles. The zero-order chi connectivity index (χ0) is 13.8. The maximum Gasteiger partial charge on any atom is 0.435 e. The quantitative estimate of drug-likeness (QED) is 0.882. The molecular formula is C11H15F3N4. The van der Waals surface area contributed by atoms with Crippen LogP contribution in [0, 0.1) is 11.3 Å². The third-order valence-electron chi connectivity index (χ3n) is 2.59. The number of nitrogens with one attached hydrogen (secondary N) is 1. The number of alkyl halides is 3. The molecule has 1 aromatic rings. The number of nitrogens with zero attached hydrogens (tertiary/aromatic N) is 3. The maximum absolute atomic E-state index is 12.3. The van der Waals surface area contributed by atoms with Crippen molar-refractivity contribution in [2.24, 2.45) is 0 Å². The molecule has 7 heteroatoms. The van der Waals surface area contributed by atoms with Gasteiger partial charge in [-0.05, 0) is 26.0 Å². The Morgan fingerprint density at radius 1 is 1.50 bits per heavy atom. The van der Waals surface area contributed by atoms with E-state index in [4.69, 9.17) is 5.26 Å². The first-order valence-corrected chi connectivity index (χ1v) is 5.57. The number of rotatable bonds is 5. The van der Waals surface area contributed by atoms with E-state index in [1.165, 1.54) is 10.9 Å². The Bertz CT molecular complexity index is 432. The molecule has 0 aromatic carbocycles. The van der Waals surface area contributed by atoms with E-state index in [1.807, 2.05) is 6.92 Å². The molecule has 1 N–H and O–H groups in total. The van der Waals surface area contributed by atoms with E-state index in [1.54, 1.807) is 6.92 Å². The second-order valence-corrected chi connectivity index (χ2v) is 4.19. The molecule has 0 bridgehead atoms.